The fraction of sp³-hybridized carbons (Fsp3) is 0.909. The highest BCUT2D eigenvalue weighted by Crippen LogP contribution is 2.17. The van der Waals surface area contributed by atoms with E-state index >= 15 is 0 Å². The summed E-state index contributed by atoms with van der Waals surface area (Å²) in [5, 5.41) is 0. The van der Waals surface area contributed by atoms with E-state index in [0.717, 1.165) is 13.0 Å². The van der Waals surface area contributed by atoms with Crippen molar-refractivity contribution in [3.05, 3.63) is 0 Å². The topological polar surface area (TPSA) is 21.6 Å². The number of aliphatic imine (C=N–C) groups is 1. The zero-order valence-corrected chi connectivity index (χ0v) is 11.0. The quantitative estimate of drug-likeness (QED) is 0.657. The fourth-order valence-electron chi connectivity index (χ4n) is 1.82. The van der Waals surface area contributed by atoms with Crippen LogP contribution in [0.2, 0.25) is 19.6 Å². The molecule has 3 heteroatoms. The van der Waals surface area contributed by atoms with Crippen LogP contribution in [0.25, 0.3) is 0 Å². The Labute approximate surface area is 88.9 Å². The molecular formula is C11H23NOSi. The number of nitrogens with zero attached hydrogens (tertiary/aromatic N) is 1. The summed E-state index contributed by atoms with van der Waals surface area (Å²) < 4.78 is 6.04. The Bertz CT molecular complexity index is 208. The van der Waals surface area contributed by atoms with Crippen molar-refractivity contribution >= 4 is 14.0 Å². The van der Waals surface area contributed by atoms with Gasteiger partial charge in [0.15, 0.2) is 8.32 Å². The molecule has 82 valence electrons. The van der Waals surface area contributed by atoms with Gasteiger partial charge in [-0.1, -0.05) is 13.3 Å². The first-order chi connectivity index (χ1) is 6.51. The summed E-state index contributed by atoms with van der Waals surface area (Å²) in [5.74, 6) is 0. The van der Waals surface area contributed by atoms with E-state index in [-0.39, 0.29) is 0 Å². The molecule has 0 saturated carbocycles. The Morgan fingerprint density at radius 3 is 2.57 bits per heavy atom. The number of hydrogen-bond donors (Lipinski definition) is 0. The second-order valence-electron chi connectivity index (χ2n) is 5.05. The highest BCUT2D eigenvalue weighted by molar-refractivity contribution is 6.69. The van der Waals surface area contributed by atoms with Crippen molar-refractivity contribution in [2.24, 2.45) is 4.99 Å². The molecule has 1 aliphatic rings. The number of hydrogen-bond acceptors (Lipinski definition) is 2. The Kier molecular flexibility index (Phi) is 4.32. The zero-order chi connectivity index (χ0) is 10.6. The highest BCUT2D eigenvalue weighted by Gasteiger charge is 2.23. The van der Waals surface area contributed by atoms with E-state index in [1.807, 2.05) is 0 Å². The van der Waals surface area contributed by atoms with Crippen LogP contribution in [0.5, 0.6) is 0 Å². The molecule has 0 bridgehead atoms. The van der Waals surface area contributed by atoms with Crippen LogP contribution in [0, 0.1) is 0 Å². The molecule has 2 nitrogen and oxygen atoms in total. The van der Waals surface area contributed by atoms with Crippen LogP contribution in [0.3, 0.4) is 0 Å². The Morgan fingerprint density at radius 2 is 2.14 bits per heavy atom. The molecule has 0 N–H and O–H groups in total. The lowest BCUT2D eigenvalue weighted by Gasteiger charge is -2.28. The van der Waals surface area contributed by atoms with Crippen molar-refractivity contribution in [1.29, 1.82) is 0 Å². The lowest BCUT2D eigenvalue weighted by Crippen LogP contribution is -2.35. The molecule has 1 aliphatic heterocycles. The fourth-order valence-corrected chi connectivity index (χ4v) is 3.01. The maximum absolute atomic E-state index is 6.04. The zero-order valence-electron chi connectivity index (χ0n) is 9.97. The summed E-state index contributed by atoms with van der Waals surface area (Å²) in [6, 6.07) is 0. The third-order valence-corrected chi connectivity index (χ3v) is 3.37. The standard InChI is InChI=1S/C11H23NOSi/c1-5-6-10-7-8-11(9-12-10)13-14(2,3)4/h11H,5-9H2,1-4H3. The molecule has 1 unspecified atom stereocenters. The molecule has 0 fully saturated rings. The molecule has 0 spiro atoms. The summed E-state index contributed by atoms with van der Waals surface area (Å²) in [4.78, 5) is 4.60. The molecule has 1 rings (SSSR count). The molecular weight excluding hydrogens is 190 g/mol. The first-order valence-corrected chi connectivity index (χ1v) is 9.12. The monoisotopic (exact) mass is 213 g/mol. The van der Waals surface area contributed by atoms with Crippen LogP contribution in [0.1, 0.15) is 32.6 Å². The average Bonchev–Trinajstić information content (AvgIpc) is 2.06. The maximum Gasteiger partial charge on any atom is 0.184 e. The summed E-state index contributed by atoms with van der Waals surface area (Å²) in [6.07, 6.45) is 5.15. The normalized spacial score (nSPS) is 23.4. The van der Waals surface area contributed by atoms with Crippen LogP contribution in [0.15, 0.2) is 4.99 Å². The van der Waals surface area contributed by atoms with Gasteiger partial charge in [-0.3, -0.25) is 4.99 Å². The van der Waals surface area contributed by atoms with Gasteiger partial charge in [-0.2, -0.15) is 0 Å². The van der Waals surface area contributed by atoms with Crippen molar-refractivity contribution in [1.82, 2.24) is 0 Å². The van der Waals surface area contributed by atoms with E-state index in [1.165, 1.54) is 25.0 Å². The van der Waals surface area contributed by atoms with Gasteiger partial charge >= 0.3 is 0 Å². The molecule has 1 heterocycles. The minimum absolute atomic E-state index is 0.405. The second kappa shape index (κ2) is 5.08. The Morgan fingerprint density at radius 1 is 1.43 bits per heavy atom. The summed E-state index contributed by atoms with van der Waals surface area (Å²) in [5.41, 5.74) is 1.41. The smallest absolute Gasteiger partial charge is 0.184 e. The average molecular weight is 213 g/mol. The molecule has 14 heavy (non-hydrogen) atoms. The van der Waals surface area contributed by atoms with Gasteiger partial charge in [0.1, 0.15) is 0 Å². The SMILES string of the molecule is CCCC1=NCC(O[Si](C)(C)C)CC1. The van der Waals surface area contributed by atoms with Gasteiger partial charge in [0, 0.05) is 5.71 Å². The van der Waals surface area contributed by atoms with E-state index in [4.69, 9.17) is 4.43 Å². The molecule has 1 atom stereocenters. The maximum atomic E-state index is 6.04. The van der Waals surface area contributed by atoms with E-state index in [0.29, 0.717) is 6.10 Å². The predicted molar refractivity (Wildman–Crippen MR) is 64.7 cm³/mol. The highest BCUT2D eigenvalue weighted by atomic mass is 28.4. The minimum atomic E-state index is -1.35. The molecule has 0 aromatic heterocycles. The number of rotatable bonds is 4. The van der Waals surface area contributed by atoms with E-state index in [2.05, 4.69) is 31.6 Å². The van der Waals surface area contributed by atoms with Crippen LogP contribution in [-0.4, -0.2) is 26.7 Å². The van der Waals surface area contributed by atoms with Crippen molar-refractivity contribution in [2.75, 3.05) is 6.54 Å². The molecule has 0 radical (unpaired) electrons. The first kappa shape index (κ1) is 11.9. The summed E-state index contributed by atoms with van der Waals surface area (Å²) >= 11 is 0. The van der Waals surface area contributed by atoms with Crippen LogP contribution < -0.4 is 0 Å². The molecule has 0 aliphatic carbocycles. The first-order valence-electron chi connectivity index (χ1n) is 5.71. The lowest BCUT2D eigenvalue weighted by molar-refractivity contribution is 0.189. The lowest BCUT2D eigenvalue weighted by atomic mass is 10.0. The summed E-state index contributed by atoms with van der Waals surface area (Å²) in [6.45, 7) is 9.86. The second-order valence-corrected chi connectivity index (χ2v) is 9.51. The largest absolute Gasteiger partial charge is 0.413 e. The molecule has 0 saturated heterocycles. The molecule has 0 aromatic carbocycles. The van der Waals surface area contributed by atoms with Gasteiger partial charge in [0.2, 0.25) is 0 Å². The van der Waals surface area contributed by atoms with Gasteiger partial charge in [-0.15, -0.1) is 0 Å². The van der Waals surface area contributed by atoms with Gasteiger partial charge in [-0.25, -0.2) is 0 Å². The van der Waals surface area contributed by atoms with E-state index in [9.17, 15) is 0 Å². The van der Waals surface area contributed by atoms with Gasteiger partial charge < -0.3 is 4.43 Å². The van der Waals surface area contributed by atoms with E-state index < -0.39 is 8.32 Å². The molecule has 0 aromatic rings. The van der Waals surface area contributed by atoms with Crippen molar-refractivity contribution in [2.45, 2.75) is 58.4 Å². The summed E-state index contributed by atoms with van der Waals surface area (Å²) in [7, 11) is -1.35. The third-order valence-electron chi connectivity index (χ3n) is 2.33. The predicted octanol–water partition coefficient (Wildman–Crippen LogP) is 3.24. The van der Waals surface area contributed by atoms with Crippen LogP contribution in [-0.2, 0) is 4.43 Å². The van der Waals surface area contributed by atoms with Gasteiger partial charge in [-0.05, 0) is 38.9 Å². The Hall–Kier alpha value is -0.153. The van der Waals surface area contributed by atoms with Crippen molar-refractivity contribution in [3.8, 4) is 0 Å². The van der Waals surface area contributed by atoms with E-state index in [1.54, 1.807) is 0 Å². The third kappa shape index (κ3) is 4.38. The minimum Gasteiger partial charge on any atom is -0.413 e. The van der Waals surface area contributed by atoms with Crippen LogP contribution in [0.4, 0.5) is 0 Å². The van der Waals surface area contributed by atoms with Crippen LogP contribution >= 0.6 is 0 Å². The van der Waals surface area contributed by atoms with Crippen molar-refractivity contribution < 1.29 is 4.43 Å². The molecule has 0 amide bonds. The Balaban J connectivity index is 2.35. The van der Waals surface area contributed by atoms with Gasteiger partial charge in [0.25, 0.3) is 0 Å². The van der Waals surface area contributed by atoms with Gasteiger partial charge in [0.05, 0.1) is 12.6 Å². The van der Waals surface area contributed by atoms with Crippen molar-refractivity contribution in [3.63, 3.8) is 0 Å².